The predicted molar refractivity (Wildman–Crippen MR) is 107 cm³/mol. The third-order valence-electron chi connectivity index (χ3n) is 4.80. The molecule has 1 aliphatic rings. The number of carbonyl (C=O) groups excluding carboxylic acids is 1. The maximum Gasteiger partial charge on any atom is 0.220 e. The van der Waals surface area contributed by atoms with E-state index in [1.165, 1.54) is 18.2 Å². The lowest BCUT2D eigenvalue weighted by Gasteiger charge is -2.34. The van der Waals surface area contributed by atoms with Crippen LogP contribution in [-0.2, 0) is 14.6 Å². The number of carbonyl (C=O) groups is 1. The normalized spacial score (nSPS) is 16.1. The van der Waals surface area contributed by atoms with Gasteiger partial charge in [-0.3, -0.25) is 9.79 Å². The number of likely N-dealkylation sites (tertiary alicyclic amines) is 1. The molecule has 1 aliphatic heterocycles. The number of rotatable bonds is 7. The molecular formula is C19H29FN4O3S. The van der Waals surface area contributed by atoms with E-state index < -0.39 is 15.7 Å². The second-order valence-corrected chi connectivity index (χ2v) is 8.87. The number of sulfone groups is 1. The molecule has 1 aromatic rings. The number of piperidine rings is 1. The minimum atomic E-state index is -3.73. The first kappa shape index (κ1) is 22.1. The van der Waals surface area contributed by atoms with Crippen molar-refractivity contribution in [1.29, 1.82) is 0 Å². The highest BCUT2D eigenvalue weighted by Gasteiger charge is 2.23. The Kier molecular flexibility index (Phi) is 8.22. The molecule has 1 heterocycles. The molecule has 0 aliphatic carbocycles. The summed E-state index contributed by atoms with van der Waals surface area (Å²) in [4.78, 5) is 17.8. The number of aliphatic imine (C=N–C) groups is 1. The molecule has 0 atom stereocenters. The van der Waals surface area contributed by atoms with Crippen molar-refractivity contribution in [2.45, 2.75) is 31.1 Å². The molecule has 2 rings (SSSR count). The summed E-state index contributed by atoms with van der Waals surface area (Å²) in [6, 6.07) is 5.38. The average Bonchev–Trinajstić information content (AvgIpc) is 2.68. The van der Waals surface area contributed by atoms with Crippen molar-refractivity contribution >= 4 is 21.7 Å². The van der Waals surface area contributed by atoms with Crippen molar-refractivity contribution in [2.24, 2.45) is 10.9 Å². The molecule has 1 fully saturated rings. The summed E-state index contributed by atoms with van der Waals surface area (Å²) in [7, 11) is -2.09. The van der Waals surface area contributed by atoms with Crippen LogP contribution >= 0.6 is 0 Å². The highest BCUT2D eigenvalue weighted by molar-refractivity contribution is 7.91. The fourth-order valence-electron chi connectivity index (χ4n) is 3.22. The summed E-state index contributed by atoms with van der Waals surface area (Å²) in [6.07, 6.45) is 2.29. The Balaban J connectivity index is 1.96. The standard InChI is InChI=1S/C19H29FN4O3S/c1-3-22-19(24-11-8-15(9-12-24)14-18(25)21-2)23-10-13-28(26,27)17-7-5-4-6-16(17)20/h4-7,15H,3,8-14H2,1-2H3,(H,21,25)(H,22,23). The van der Waals surface area contributed by atoms with E-state index in [0.29, 0.717) is 24.8 Å². The third kappa shape index (κ3) is 6.19. The largest absolute Gasteiger partial charge is 0.359 e. The second-order valence-electron chi connectivity index (χ2n) is 6.79. The van der Waals surface area contributed by atoms with Crippen LogP contribution < -0.4 is 10.6 Å². The van der Waals surface area contributed by atoms with E-state index in [0.717, 1.165) is 32.0 Å². The maximum atomic E-state index is 13.8. The number of halogens is 1. The van der Waals surface area contributed by atoms with E-state index in [1.807, 2.05) is 6.92 Å². The van der Waals surface area contributed by atoms with Crippen LogP contribution in [0.2, 0.25) is 0 Å². The first-order valence-corrected chi connectivity index (χ1v) is 11.2. The Bertz CT molecular complexity index is 790. The van der Waals surface area contributed by atoms with Crippen LogP contribution in [0.5, 0.6) is 0 Å². The molecule has 0 bridgehead atoms. The molecule has 9 heteroatoms. The van der Waals surface area contributed by atoms with Crippen LogP contribution in [0.3, 0.4) is 0 Å². The van der Waals surface area contributed by atoms with Gasteiger partial charge in [-0.15, -0.1) is 0 Å². The van der Waals surface area contributed by atoms with Crippen molar-refractivity contribution in [3.63, 3.8) is 0 Å². The lowest BCUT2D eigenvalue weighted by molar-refractivity contribution is -0.121. The predicted octanol–water partition coefficient (Wildman–Crippen LogP) is 1.41. The fourth-order valence-corrected chi connectivity index (χ4v) is 4.42. The van der Waals surface area contributed by atoms with Gasteiger partial charge in [-0.2, -0.15) is 0 Å². The summed E-state index contributed by atoms with van der Waals surface area (Å²) in [5, 5.41) is 5.84. The van der Waals surface area contributed by atoms with Gasteiger partial charge in [-0.1, -0.05) is 12.1 Å². The Morgan fingerprint density at radius 1 is 1.29 bits per heavy atom. The SMILES string of the molecule is CCNC(=NCCS(=O)(=O)c1ccccc1F)N1CCC(CC(=O)NC)CC1. The van der Waals surface area contributed by atoms with Crippen molar-refractivity contribution in [1.82, 2.24) is 15.5 Å². The molecule has 1 saturated heterocycles. The highest BCUT2D eigenvalue weighted by Crippen LogP contribution is 2.20. The topological polar surface area (TPSA) is 90.9 Å². The molecule has 1 amide bonds. The molecular weight excluding hydrogens is 383 g/mol. The van der Waals surface area contributed by atoms with Gasteiger partial charge in [0.2, 0.25) is 5.91 Å². The van der Waals surface area contributed by atoms with Crippen molar-refractivity contribution < 1.29 is 17.6 Å². The Labute approximate surface area is 166 Å². The highest BCUT2D eigenvalue weighted by atomic mass is 32.2. The van der Waals surface area contributed by atoms with Crippen LogP contribution in [0.1, 0.15) is 26.2 Å². The van der Waals surface area contributed by atoms with Crippen molar-refractivity contribution in [2.75, 3.05) is 39.0 Å². The first-order chi connectivity index (χ1) is 13.4. The summed E-state index contributed by atoms with van der Waals surface area (Å²) in [5.41, 5.74) is 0. The second kappa shape index (κ2) is 10.4. The summed E-state index contributed by atoms with van der Waals surface area (Å²) >= 11 is 0. The van der Waals surface area contributed by atoms with Gasteiger partial charge in [-0.05, 0) is 37.8 Å². The van der Waals surface area contributed by atoms with Gasteiger partial charge in [-0.25, -0.2) is 12.8 Å². The Hall–Kier alpha value is -2.16. The van der Waals surface area contributed by atoms with Gasteiger partial charge in [0.25, 0.3) is 0 Å². The van der Waals surface area contributed by atoms with Gasteiger partial charge in [0.15, 0.2) is 15.8 Å². The zero-order valence-electron chi connectivity index (χ0n) is 16.4. The first-order valence-electron chi connectivity index (χ1n) is 9.58. The molecule has 2 N–H and O–H groups in total. The molecule has 0 aromatic heterocycles. The van der Waals surface area contributed by atoms with Crippen LogP contribution in [0, 0.1) is 11.7 Å². The number of nitrogens with zero attached hydrogens (tertiary/aromatic N) is 2. The van der Waals surface area contributed by atoms with Crippen molar-refractivity contribution in [3.8, 4) is 0 Å². The van der Waals surface area contributed by atoms with Crippen LogP contribution in [0.4, 0.5) is 4.39 Å². The maximum absolute atomic E-state index is 13.8. The van der Waals surface area contributed by atoms with E-state index in [2.05, 4.69) is 20.5 Å². The smallest absolute Gasteiger partial charge is 0.220 e. The van der Waals surface area contributed by atoms with Crippen LogP contribution in [0.15, 0.2) is 34.2 Å². The minimum Gasteiger partial charge on any atom is -0.359 e. The number of guanidine groups is 1. The van der Waals surface area contributed by atoms with Crippen molar-refractivity contribution in [3.05, 3.63) is 30.1 Å². The molecule has 156 valence electrons. The van der Waals surface area contributed by atoms with Crippen LogP contribution in [-0.4, -0.2) is 64.2 Å². The number of hydrogen-bond acceptors (Lipinski definition) is 4. The molecule has 7 nitrogen and oxygen atoms in total. The van der Waals surface area contributed by atoms with Crippen LogP contribution in [0.25, 0.3) is 0 Å². The van der Waals surface area contributed by atoms with E-state index in [9.17, 15) is 17.6 Å². The number of amides is 1. The van der Waals surface area contributed by atoms with Gasteiger partial charge >= 0.3 is 0 Å². The van der Waals surface area contributed by atoms with Gasteiger partial charge in [0.05, 0.1) is 12.3 Å². The van der Waals surface area contributed by atoms with Gasteiger partial charge in [0.1, 0.15) is 10.7 Å². The number of hydrogen-bond donors (Lipinski definition) is 2. The zero-order valence-corrected chi connectivity index (χ0v) is 17.3. The monoisotopic (exact) mass is 412 g/mol. The number of nitrogens with one attached hydrogen (secondary N) is 2. The average molecular weight is 413 g/mol. The molecule has 0 saturated carbocycles. The lowest BCUT2D eigenvalue weighted by atomic mass is 9.93. The Morgan fingerprint density at radius 3 is 2.57 bits per heavy atom. The van der Waals surface area contributed by atoms with E-state index >= 15 is 0 Å². The zero-order chi connectivity index (χ0) is 20.6. The Morgan fingerprint density at radius 2 is 1.96 bits per heavy atom. The quantitative estimate of drug-likeness (QED) is 0.522. The summed E-state index contributed by atoms with van der Waals surface area (Å²) < 4.78 is 38.5. The molecule has 0 unspecified atom stereocenters. The van der Waals surface area contributed by atoms with Gasteiger partial charge in [0, 0.05) is 33.1 Å². The summed E-state index contributed by atoms with van der Waals surface area (Å²) in [5.74, 6) is 0.0646. The van der Waals surface area contributed by atoms with E-state index in [4.69, 9.17) is 0 Å². The van der Waals surface area contributed by atoms with Gasteiger partial charge < -0.3 is 15.5 Å². The minimum absolute atomic E-state index is 0.0527. The summed E-state index contributed by atoms with van der Waals surface area (Å²) in [6.45, 7) is 4.18. The molecule has 0 radical (unpaired) electrons. The van der Waals surface area contributed by atoms with E-state index in [1.54, 1.807) is 7.05 Å². The molecule has 28 heavy (non-hydrogen) atoms. The third-order valence-corrected chi connectivity index (χ3v) is 6.52. The molecule has 0 spiro atoms. The lowest BCUT2D eigenvalue weighted by Crippen LogP contribution is -2.46. The molecule has 1 aromatic carbocycles. The van der Waals surface area contributed by atoms with E-state index in [-0.39, 0.29) is 23.1 Å². The fraction of sp³-hybridized carbons (Fsp3) is 0.579. The number of benzene rings is 1.